The molecule has 39 heavy (non-hydrogen) atoms. The van der Waals surface area contributed by atoms with Gasteiger partial charge in [0.1, 0.15) is 17.3 Å². The van der Waals surface area contributed by atoms with E-state index >= 15 is 0 Å². The van der Waals surface area contributed by atoms with Crippen molar-refractivity contribution >= 4 is 17.5 Å². The molecular formula is C29H22FN7O2. The molecule has 192 valence electrons. The van der Waals surface area contributed by atoms with E-state index in [2.05, 4.69) is 35.7 Å². The zero-order valence-electron chi connectivity index (χ0n) is 20.8. The number of aromatic nitrogens is 3. The van der Waals surface area contributed by atoms with Crippen LogP contribution in [0.25, 0.3) is 0 Å². The third-order valence-corrected chi connectivity index (χ3v) is 5.22. The molecule has 5 rings (SSSR count). The summed E-state index contributed by atoms with van der Waals surface area (Å²) in [6.07, 6.45) is 0. The highest BCUT2D eigenvalue weighted by Gasteiger charge is 2.12. The summed E-state index contributed by atoms with van der Waals surface area (Å²) in [5.41, 5.74) is 4.77. The van der Waals surface area contributed by atoms with Crippen LogP contribution in [0.5, 0.6) is 23.5 Å². The molecule has 0 aliphatic carbocycles. The van der Waals surface area contributed by atoms with Crippen molar-refractivity contribution in [2.75, 3.05) is 5.43 Å². The highest BCUT2D eigenvalue weighted by atomic mass is 19.1. The van der Waals surface area contributed by atoms with Crippen LogP contribution in [0.3, 0.4) is 0 Å². The second-order valence-corrected chi connectivity index (χ2v) is 8.10. The fourth-order valence-corrected chi connectivity index (χ4v) is 3.37. The van der Waals surface area contributed by atoms with Crippen LogP contribution in [0.4, 0.5) is 16.0 Å². The molecule has 0 amide bonds. The molecule has 0 aliphatic heterocycles. The van der Waals surface area contributed by atoms with Crippen LogP contribution in [0.2, 0.25) is 0 Å². The zero-order chi connectivity index (χ0) is 26.9. The maximum Gasteiger partial charge on any atom is 0.330 e. The Morgan fingerprint density at radius 2 is 1.33 bits per heavy atom. The lowest BCUT2D eigenvalue weighted by Gasteiger charge is -2.09. The fourth-order valence-electron chi connectivity index (χ4n) is 3.37. The molecule has 1 aromatic heterocycles. The Bertz CT molecular complexity index is 1550. The highest BCUT2D eigenvalue weighted by Crippen LogP contribution is 2.24. The normalized spacial score (nSPS) is 11.4. The number of aryl methyl sites for hydroxylation is 1. The number of amidine groups is 1. The molecule has 0 bridgehead atoms. The highest BCUT2D eigenvalue weighted by molar-refractivity contribution is 6.00. The van der Waals surface area contributed by atoms with Gasteiger partial charge in [-0.15, -0.1) is 15.2 Å². The average molecular weight is 520 g/mol. The van der Waals surface area contributed by atoms with Crippen molar-refractivity contribution in [3.8, 4) is 23.5 Å². The number of rotatable bonds is 8. The number of nitrogens with one attached hydrogen (secondary N) is 1. The van der Waals surface area contributed by atoms with Crippen molar-refractivity contribution in [1.82, 2.24) is 15.0 Å². The average Bonchev–Trinajstić information content (AvgIpc) is 2.95. The van der Waals surface area contributed by atoms with E-state index in [0.717, 1.165) is 5.56 Å². The number of nitrogens with zero attached hydrogens (tertiary/aromatic N) is 6. The van der Waals surface area contributed by atoms with Crippen LogP contribution >= 0.6 is 0 Å². The molecule has 1 heterocycles. The van der Waals surface area contributed by atoms with E-state index in [9.17, 15) is 4.39 Å². The van der Waals surface area contributed by atoms with E-state index < -0.39 is 5.82 Å². The molecule has 0 fully saturated rings. The van der Waals surface area contributed by atoms with Crippen LogP contribution in [0, 0.1) is 12.7 Å². The van der Waals surface area contributed by atoms with Gasteiger partial charge in [-0.2, -0.15) is 15.1 Å². The summed E-state index contributed by atoms with van der Waals surface area (Å²) in [6, 6.07) is 31.5. The number of hydrogen-bond acceptors (Lipinski definition) is 8. The molecule has 0 radical (unpaired) electrons. The van der Waals surface area contributed by atoms with E-state index in [0.29, 0.717) is 22.7 Å². The van der Waals surface area contributed by atoms with Gasteiger partial charge in [0.15, 0.2) is 0 Å². The maximum atomic E-state index is 13.6. The molecule has 9 nitrogen and oxygen atoms in total. The molecule has 0 saturated carbocycles. The van der Waals surface area contributed by atoms with Crippen LogP contribution < -0.4 is 14.9 Å². The molecule has 1 N–H and O–H groups in total. The van der Waals surface area contributed by atoms with Crippen molar-refractivity contribution in [2.45, 2.75) is 6.92 Å². The Morgan fingerprint density at radius 1 is 0.718 bits per heavy atom. The van der Waals surface area contributed by atoms with E-state index in [-0.39, 0.29) is 23.8 Å². The first kappa shape index (κ1) is 25.2. The number of halogens is 1. The maximum absolute atomic E-state index is 13.6. The Labute approximate surface area is 223 Å². The minimum Gasteiger partial charge on any atom is -0.424 e. The molecule has 0 atom stereocenters. The molecular weight excluding hydrogens is 497 g/mol. The Balaban J connectivity index is 1.49. The summed E-state index contributed by atoms with van der Waals surface area (Å²) in [5.74, 6) is 0.936. The van der Waals surface area contributed by atoms with Crippen molar-refractivity contribution in [2.24, 2.45) is 15.3 Å². The quantitative estimate of drug-likeness (QED) is 0.0987. The molecule has 4 aromatic carbocycles. The van der Waals surface area contributed by atoms with Gasteiger partial charge in [-0.05, 0) is 48.9 Å². The van der Waals surface area contributed by atoms with Crippen LogP contribution in [-0.2, 0) is 0 Å². The van der Waals surface area contributed by atoms with Crippen LogP contribution in [0.15, 0.2) is 125 Å². The zero-order valence-corrected chi connectivity index (χ0v) is 20.8. The lowest BCUT2D eigenvalue weighted by Crippen LogP contribution is -2.07. The van der Waals surface area contributed by atoms with Gasteiger partial charge in [0.05, 0.1) is 5.69 Å². The number of ether oxygens (including phenoxy) is 2. The Kier molecular flexibility index (Phi) is 7.84. The van der Waals surface area contributed by atoms with E-state index in [1.54, 1.807) is 36.4 Å². The first-order valence-electron chi connectivity index (χ1n) is 11.9. The standard InChI is InChI=1S/C29H22FN7O2/c1-20-11-8-9-18-25(20)26(35-34-22-13-10-12-21(30)19-22)36-37-27-31-28(38-23-14-4-2-5-15-23)33-29(32-27)39-24-16-6-3-7-17-24/h2-19H,1H3,(H,31,32,33,37)/b35-34+,36-26-. The number of anilines is 1. The van der Waals surface area contributed by atoms with Gasteiger partial charge in [0, 0.05) is 11.6 Å². The number of azo groups is 1. The molecule has 5 aromatic rings. The monoisotopic (exact) mass is 519 g/mol. The fraction of sp³-hybridized carbons (Fsp3) is 0.0345. The predicted molar refractivity (Wildman–Crippen MR) is 145 cm³/mol. The van der Waals surface area contributed by atoms with Crippen molar-refractivity contribution in [1.29, 1.82) is 0 Å². The third kappa shape index (κ3) is 7.04. The summed E-state index contributed by atoms with van der Waals surface area (Å²) in [7, 11) is 0. The Hall–Kier alpha value is -5.51. The topological polar surface area (TPSA) is 106 Å². The van der Waals surface area contributed by atoms with Gasteiger partial charge in [0.25, 0.3) is 5.95 Å². The number of hydrogen-bond donors (Lipinski definition) is 1. The molecule has 10 heteroatoms. The van der Waals surface area contributed by atoms with Crippen LogP contribution in [0.1, 0.15) is 11.1 Å². The number of para-hydroxylation sites is 2. The first-order valence-corrected chi connectivity index (χ1v) is 11.9. The largest absolute Gasteiger partial charge is 0.424 e. The second-order valence-electron chi connectivity index (χ2n) is 8.10. The number of benzene rings is 4. The predicted octanol–water partition coefficient (Wildman–Crippen LogP) is 7.46. The third-order valence-electron chi connectivity index (χ3n) is 5.22. The minimum absolute atomic E-state index is 0.00124. The molecule has 0 saturated heterocycles. The number of hydrazone groups is 1. The van der Waals surface area contributed by atoms with Crippen molar-refractivity contribution in [3.63, 3.8) is 0 Å². The van der Waals surface area contributed by atoms with Gasteiger partial charge < -0.3 is 9.47 Å². The summed E-state index contributed by atoms with van der Waals surface area (Å²) in [5, 5.41) is 12.8. The summed E-state index contributed by atoms with van der Waals surface area (Å²) >= 11 is 0. The van der Waals surface area contributed by atoms with E-state index in [1.807, 2.05) is 67.6 Å². The van der Waals surface area contributed by atoms with Gasteiger partial charge >= 0.3 is 12.0 Å². The smallest absolute Gasteiger partial charge is 0.330 e. The minimum atomic E-state index is -0.416. The SMILES string of the molecule is Cc1ccccc1C(=N/Nc1nc(Oc2ccccc2)nc(Oc2ccccc2)n1)/N=N/c1cccc(F)c1. The van der Waals surface area contributed by atoms with Crippen molar-refractivity contribution in [3.05, 3.63) is 126 Å². The molecule has 0 unspecified atom stereocenters. The van der Waals surface area contributed by atoms with Gasteiger partial charge in [-0.3, -0.25) is 0 Å². The van der Waals surface area contributed by atoms with Crippen molar-refractivity contribution < 1.29 is 13.9 Å². The second kappa shape index (κ2) is 12.2. The van der Waals surface area contributed by atoms with E-state index in [1.165, 1.54) is 12.1 Å². The summed E-state index contributed by atoms with van der Waals surface area (Å²) < 4.78 is 25.3. The van der Waals surface area contributed by atoms with E-state index in [4.69, 9.17) is 9.47 Å². The van der Waals surface area contributed by atoms with Crippen LogP contribution in [-0.4, -0.2) is 20.8 Å². The van der Waals surface area contributed by atoms with Gasteiger partial charge in [0.2, 0.25) is 5.84 Å². The molecule has 0 spiro atoms. The Morgan fingerprint density at radius 3 is 1.95 bits per heavy atom. The van der Waals surface area contributed by atoms with Gasteiger partial charge in [-0.1, -0.05) is 66.7 Å². The summed E-state index contributed by atoms with van der Waals surface area (Å²) in [4.78, 5) is 12.9. The summed E-state index contributed by atoms with van der Waals surface area (Å²) in [6.45, 7) is 1.92. The molecule has 0 aliphatic rings. The van der Waals surface area contributed by atoms with Gasteiger partial charge in [-0.25, -0.2) is 9.82 Å². The first-order chi connectivity index (χ1) is 19.1. The lowest BCUT2D eigenvalue weighted by molar-refractivity contribution is 0.398. The lowest BCUT2D eigenvalue weighted by atomic mass is 10.1.